The number of fused-ring (bicyclic) bond motifs is 1. The van der Waals surface area contributed by atoms with E-state index < -0.39 is 5.67 Å². The summed E-state index contributed by atoms with van der Waals surface area (Å²) in [5.41, 5.74) is 3.74. The summed E-state index contributed by atoms with van der Waals surface area (Å²) in [6.07, 6.45) is 5.70. The minimum Gasteiger partial charge on any atom is -0.351 e. The van der Waals surface area contributed by atoms with Crippen molar-refractivity contribution in [3.05, 3.63) is 78.9 Å². The number of nitrogens with one attached hydrogen (secondary N) is 3. The van der Waals surface area contributed by atoms with E-state index in [0.717, 1.165) is 33.3 Å². The summed E-state index contributed by atoms with van der Waals surface area (Å²) in [4.78, 5) is 26.7. The number of likely N-dealkylation sites (tertiary alicyclic amines) is 1. The standard InChI is InChI=1S/C27H24FN7O/c1-27(28)9-11-35(16-27)26(36)23-12-18-2-3-19(13-22(18)33-23)25-29-10-8-24(34-25)32-21-6-4-17(5-7-21)20-14-30-31-15-20/h2-8,10,12-15,33H,9,11,16H2,1H3,(H,30,31)(H,29,32,34). The minimum absolute atomic E-state index is 0.117. The average Bonchev–Trinajstić information content (AvgIpc) is 3.63. The Balaban J connectivity index is 1.21. The Morgan fingerprint density at radius 2 is 1.92 bits per heavy atom. The summed E-state index contributed by atoms with van der Waals surface area (Å²) < 4.78 is 14.2. The lowest BCUT2D eigenvalue weighted by molar-refractivity contribution is 0.0756. The Morgan fingerprint density at radius 3 is 2.67 bits per heavy atom. The number of benzene rings is 2. The van der Waals surface area contributed by atoms with Crippen LogP contribution in [0.3, 0.4) is 0 Å². The molecule has 6 rings (SSSR count). The molecule has 1 fully saturated rings. The molecule has 9 heteroatoms. The smallest absolute Gasteiger partial charge is 0.270 e. The van der Waals surface area contributed by atoms with E-state index in [1.54, 1.807) is 23.4 Å². The first kappa shape index (κ1) is 22.0. The molecular formula is C27H24FN7O. The third-order valence-corrected chi connectivity index (χ3v) is 6.47. The van der Waals surface area contributed by atoms with Gasteiger partial charge in [0.05, 0.1) is 12.7 Å². The van der Waals surface area contributed by atoms with E-state index in [4.69, 9.17) is 0 Å². The molecule has 8 nitrogen and oxygen atoms in total. The number of hydrogen-bond donors (Lipinski definition) is 3. The van der Waals surface area contributed by atoms with Crippen LogP contribution in [0.2, 0.25) is 0 Å². The second-order valence-corrected chi connectivity index (χ2v) is 9.33. The highest BCUT2D eigenvalue weighted by Gasteiger charge is 2.36. The number of amides is 1. The van der Waals surface area contributed by atoms with Crippen LogP contribution >= 0.6 is 0 Å². The van der Waals surface area contributed by atoms with Gasteiger partial charge in [-0.05, 0) is 42.8 Å². The van der Waals surface area contributed by atoms with Crippen molar-refractivity contribution in [1.29, 1.82) is 0 Å². The lowest BCUT2D eigenvalue weighted by Gasteiger charge is -2.16. The molecule has 5 aromatic rings. The molecule has 0 saturated carbocycles. The third kappa shape index (κ3) is 4.31. The number of halogens is 1. The number of aromatic amines is 2. The molecule has 1 unspecified atom stereocenters. The van der Waals surface area contributed by atoms with Crippen LogP contribution in [-0.2, 0) is 0 Å². The molecule has 1 aliphatic heterocycles. The maximum absolute atomic E-state index is 14.2. The number of carbonyl (C=O) groups excluding carboxylic acids is 1. The van der Waals surface area contributed by atoms with Crippen LogP contribution in [0, 0.1) is 0 Å². The fourth-order valence-corrected chi connectivity index (χ4v) is 4.52. The molecule has 0 aliphatic carbocycles. The summed E-state index contributed by atoms with van der Waals surface area (Å²) in [6, 6.07) is 17.4. The van der Waals surface area contributed by atoms with Crippen LogP contribution in [0.25, 0.3) is 33.4 Å². The van der Waals surface area contributed by atoms with Crippen molar-refractivity contribution in [1.82, 2.24) is 30.0 Å². The number of H-pyrrole nitrogens is 2. The molecule has 2 aromatic carbocycles. The fourth-order valence-electron chi connectivity index (χ4n) is 4.52. The summed E-state index contributed by atoms with van der Waals surface area (Å²) in [6.45, 7) is 2.08. The molecule has 0 radical (unpaired) electrons. The van der Waals surface area contributed by atoms with Crippen molar-refractivity contribution in [3.63, 3.8) is 0 Å². The minimum atomic E-state index is -1.33. The van der Waals surface area contributed by atoms with Gasteiger partial charge in [-0.25, -0.2) is 14.4 Å². The van der Waals surface area contributed by atoms with Crippen LogP contribution in [0.15, 0.2) is 73.2 Å². The largest absolute Gasteiger partial charge is 0.351 e. The van der Waals surface area contributed by atoms with E-state index in [1.165, 1.54) is 6.92 Å². The van der Waals surface area contributed by atoms with Gasteiger partial charge in [-0.3, -0.25) is 9.89 Å². The van der Waals surface area contributed by atoms with E-state index in [2.05, 4.69) is 30.5 Å². The number of nitrogens with zero attached hydrogens (tertiary/aromatic N) is 4. The van der Waals surface area contributed by atoms with Gasteiger partial charge in [0.2, 0.25) is 0 Å². The van der Waals surface area contributed by atoms with Gasteiger partial charge in [-0.2, -0.15) is 5.10 Å². The molecule has 1 aliphatic rings. The quantitative estimate of drug-likeness (QED) is 0.315. The molecular weight excluding hydrogens is 457 g/mol. The Kier molecular flexibility index (Phi) is 5.25. The Labute approximate surface area is 206 Å². The Hall–Kier alpha value is -4.53. The van der Waals surface area contributed by atoms with Crippen molar-refractivity contribution in [2.75, 3.05) is 18.4 Å². The molecule has 0 bridgehead atoms. The highest BCUT2D eigenvalue weighted by molar-refractivity contribution is 5.99. The fraction of sp³-hybridized carbons (Fsp3) is 0.185. The van der Waals surface area contributed by atoms with Gasteiger partial charge < -0.3 is 15.2 Å². The maximum Gasteiger partial charge on any atom is 0.270 e. The number of hydrogen-bond acceptors (Lipinski definition) is 5. The van der Waals surface area contributed by atoms with E-state index in [1.807, 2.05) is 54.7 Å². The predicted molar refractivity (Wildman–Crippen MR) is 137 cm³/mol. The summed E-state index contributed by atoms with van der Waals surface area (Å²) in [7, 11) is 0. The van der Waals surface area contributed by atoms with Crippen LogP contribution in [-0.4, -0.2) is 54.7 Å². The summed E-state index contributed by atoms with van der Waals surface area (Å²) >= 11 is 0. The van der Waals surface area contributed by atoms with Gasteiger partial charge in [-0.1, -0.05) is 24.3 Å². The number of anilines is 2. The van der Waals surface area contributed by atoms with Gasteiger partial charge in [0.25, 0.3) is 5.91 Å². The second-order valence-electron chi connectivity index (χ2n) is 9.33. The Morgan fingerprint density at radius 1 is 1.08 bits per heavy atom. The molecule has 180 valence electrons. The van der Waals surface area contributed by atoms with Gasteiger partial charge in [-0.15, -0.1) is 0 Å². The third-order valence-electron chi connectivity index (χ3n) is 6.47. The van der Waals surface area contributed by atoms with E-state index in [0.29, 0.717) is 30.3 Å². The SMILES string of the molecule is CC1(F)CCN(C(=O)c2cc3ccc(-c4nccc(Nc5ccc(-c6cn[nH]c6)cc5)n4)cc3[nH]2)C1. The van der Waals surface area contributed by atoms with E-state index in [9.17, 15) is 9.18 Å². The van der Waals surface area contributed by atoms with Gasteiger partial charge in [0, 0.05) is 53.1 Å². The van der Waals surface area contributed by atoms with Crippen molar-refractivity contribution >= 4 is 28.3 Å². The van der Waals surface area contributed by atoms with Crippen molar-refractivity contribution in [2.24, 2.45) is 0 Å². The second kappa shape index (κ2) is 8.60. The number of rotatable bonds is 5. The molecule has 1 atom stereocenters. The number of alkyl halides is 1. The van der Waals surface area contributed by atoms with Gasteiger partial charge in [0.15, 0.2) is 5.82 Å². The Bertz CT molecular complexity index is 1540. The summed E-state index contributed by atoms with van der Waals surface area (Å²) in [5, 5.41) is 11.0. The molecule has 1 amide bonds. The number of carbonyl (C=O) groups is 1. The molecule has 3 N–H and O–H groups in total. The highest BCUT2D eigenvalue weighted by atomic mass is 19.1. The summed E-state index contributed by atoms with van der Waals surface area (Å²) in [5.74, 6) is 1.05. The molecule has 3 aromatic heterocycles. The zero-order chi connectivity index (χ0) is 24.7. The van der Waals surface area contributed by atoms with Crippen molar-refractivity contribution in [3.8, 4) is 22.5 Å². The number of aromatic nitrogens is 5. The van der Waals surface area contributed by atoms with E-state index in [-0.39, 0.29) is 12.5 Å². The lowest BCUT2D eigenvalue weighted by atomic mass is 10.1. The zero-order valence-electron chi connectivity index (χ0n) is 19.6. The van der Waals surface area contributed by atoms with Crippen molar-refractivity contribution < 1.29 is 9.18 Å². The molecule has 4 heterocycles. The average molecular weight is 482 g/mol. The van der Waals surface area contributed by atoms with Crippen molar-refractivity contribution in [2.45, 2.75) is 19.0 Å². The first-order valence-corrected chi connectivity index (χ1v) is 11.7. The van der Waals surface area contributed by atoms with Crippen LogP contribution in [0.1, 0.15) is 23.8 Å². The van der Waals surface area contributed by atoms with Crippen LogP contribution in [0.4, 0.5) is 15.9 Å². The van der Waals surface area contributed by atoms with Crippen LogP contribution < -0.4 is 5.32 Å². The highest BCUT2D eigenvalue weighted by Crippen LogP contribution is 2.28. The molecule has 1 saturated heterocycles. The van der Waals surface area contributed by atoms with Gasteiger partial charge in [0.1, 0.15) is 17.2 Å². The van der Waals surface area contributed by atoms with E-state index >= 15 is 0 Å². The van der Waals surface area contributed by atoms with Gasteiger partial charge >= 0.3 is 0 Å². The monoisotopic (exact) mass is 481 g/mol. The normalized spacial score (nSPS) is 17.6. The topological polar surface area (TPSA) is 103 Å². The van der Waals surface area contributed by atoms with Crippen LogP contribution in [0.5, 0.6) is 0 Å². The first-order chi connectivity index (χ1) is 17.4. The molecule has 36 heavy (non-hydrogen) atoms. The zero-order valence-corrected chi connectivity index (χ0v) is 19.6. The molecule has 0 spiro atoms. The predicted octanol–water partition coefficient (Wildman–Crippen LogP) is 5.33. The maximum atomic E-state index is 14.2. The first-order valence-electron chi connectivity index (χ1n) is 11.7. The lowest BCUT2D eigenvalue weighted by Crippen LogP contribution is -2.32.